The molecule has 0 aliphatic heterocycles. The Morgan fingerprint density at radius 1 is 1.27 bits per heavy atom. The van der Waals surface area contributed by atoms with Crippen LogP contribution in [0.3, 0.4) is 0 Å². The van der Waals surface area contributed by atoms with E-state index >= 15 is 0 Å². The maximum absolute atomic E-state index is 6.27. The molecule has 0 aromatic carbocycles. The maximum atomic E-state index is 6.27. The zero-order chi connectivity index (χ0) is 18.3. The summed E-state index contributed by atoms with van der Waals surface area (Å²) in [6, 6.07) is 1.94. The number of allylic oxidation sites excluding steroid dienone is 2. The Morgan fingerprint density at radius 2 is 2.12 bits per heavy atom. The highest BCUT2D eigenvalue weighted by Gasteiger charge is 2.24. The molecule has 4 rings (SSSR count). The molecular weight excluding hydrogens is 322 g/mol. The van der Waals surface area contributed by atoms with Crippen molar-refractivity contribution in [1.29, 1.82) is 0 Å². The molecule has 1 aliphatic rings. The lowest BCUT2D eigenvalue weighted by Gasteiger charge is -2.16. The molecule has 3 heterocycles. The van der Waals surface area contributed by atoms with Crippen LogP contribution in [0.5, 0.6) is 0 Å². The van der Waals surface area contributed by atoms with E-state index < -0.39 is 0 Å². The van der Waals surface area contributed by atoms with Crippen LogP contribution in [-0.2, 0) is 7.05 Å². The van der Waals surface area contributed by atoms with Crippen molar-refractivity contribution >= 4 is 22.4 Å². The molecule has 0 atom stereocenters. The molecule has 0 amide bonds. The first-order chi connectivity index (χ1) is 12.6. The van der Waals surface area contributed by atoms with Gasteiger partial charge in [0.25, 0.3) is 0 Å². The average molecular weight is 342 g/mol. The lowest BCUT2D eigenvalue weighted by atomic mass is 9.90. The second-order valence-electron chi connectivity index (χ2n) is 6.56. The number of aryl methyl sites for hydroxylation is 2. The second-order valence-corrected chi connectivity index (χ2v) is 6.56. The minimum Gasteiger partial charge on any atom is -0.383 e. The highest BCUT2D eigenvalue weighted by molar-refractivity contribution is 6.04. The summed E-state index contributed by atoms with van der Waals surface area (Å²) in [5.41, 5.74) is 13.3. The molecule has 0 saturated heterocycles. The van der Waals surface area contributed by atoms with E-state index in [2.05, 4.69) is 44.9 Å². The van der Waals surface area contributed by atoms with E-state index in [0.29, 0.717) is 11.5 Å². The van der Waals surface area contributed by atoms with Crippen LogP contribution < -0.4 is 5.73 Å². The Hall–Kier alpha value is -3.13. The number of aromatic nitrogens is 4. The molecule has 0 unspecified atom stereocenters. The van der Waals surface area contributed by atoms with Gasteiger partial charge in [-0.2, -0.15) is 0 Å². The van der Waals surface area contributed by atoms with Gasteiger partial charge in [0.2, 0.25) is 0 Å². The average Bonchev–Trinajstić information content (AvgIpc) is 2.96. The van der Waals surface area contributed by atoms with Gasteiger partial charge in [-0.05, 0) is 49.8 Å². The predicted molar refractivity (Wildman–Crippen MR) is 105 cm³/mol. The van der Waals surface area contributed by atoms with E-state index in [1.54, 1.807) is 0 Å². The summed E-state index contributed by atoms with van der Waals surface area (Å²) in [5, 5.41) is 0.915. The summed E-state index contributed by atoms with van der Waals surface area (Å²) in [7, 11) is 2.01. The van der Waals surface area contributed by atoms with Gasteiger partial charge in [0.05, 0.1) is 11.1 Å². The number of nitrogen functional groups attached to an aromatic ring is 1. The van der Waals surface area contributed by atoms with E-state index in [-0.39, 0.29) is 0 Å². The summed E-state index contributed by atoms with van der Waals surface area (Å²) in [5.74, 6) is 3.11. The van der Waals surface area contributed by atoms with Crippen LogP contribution in [0.1, 0.15) is 36.1 Å². The smallest absolute Gasteiger partial charge is 0.146 e. The van der Waals surface area contributed by atoms with Gasteiger partial charge in [-0.25, -0.2) is 15.0 Å². The van der Waals surface area contributed by atoms with E-state index in [0.717, 1.165) is 52.7 Å². The van der Waals surface area contributed by atoms with Crippen LogP contribution in [-0.4, -0.2) is 19.5 Å². The minimum atomic E-state index is 0.508. The molecule has 0 saturated carbocycles. The Balaban J connectivity index is 2.09. The lowest BCUT2D eigenvalue weighted by Crippen LogP contribution is -2.00. The van der Waals surface area contributed by atoms with Gasteiger partial charge < -0.3 is 10.3 Å². The van der Waals surface area contributed by atoms with Crippen molar-refractivity contribution in [3.8, 4) is 23.6 Å². The highest BCUT2D eigenvalue weighted by Crippen LogP contribution is 2.42. The lowest BCUT2D eigenvalue weighted by molar-refractivity contribution is 0.906. The largest absolute Gasteiger partial charge is 0.383 e. The summed E-state index contributed by atoms with van der Waals surface area (Å²) in [6.45, 7) is 2.05. The summed E-state index contributed by atoms with van der Waals surface area (Å²) >= 11 is 0. The summed E-state index contributed by atoms with van der Waals surface area (Å²) in [6.07, 6.45) is 16.4. The summed E-state index contributed by atoms with van der Waals surface area (Å²) in [4.78, 5) is 13.1. The molecule has 26 heavy (non-hydrogen) atoms. The Bertz CT molecular complexity index is 1080. The topological polar surface area (TPSA) is 69.6 Å². The van der Waals surface area contributed by atoms with Crippen LogP contribution >= 0.6 is 0 Å². The van der Waals surface area contributed by atoms with Crippen LogP contribution in [0.25, 0.3) is 27.9 Å². The number of fused-ring (bicyclic) bond motifs is 1. The molecule has 0 spiro atoms. The van der Waals surface area contributed by atoms with Crippen LogP contribution in [0.4, 0.5) is 5.82 Å². The number of anilines is 1. The molecule has 2 N–H and O–H groups in total. The molecule has 1 radical (unpaired) electrons. The number of nitrogens with zero attached hydrogens (tertiary/aromatic N) is 4. The second kappa shape index (κ2) is 6.30. The number of nitrogens with two attached hydrogens (primary N) is 1. The van der Waals surface area contributed by atoms with Crippen LogP contribution in [0.2, 0.25) is 0 Å². The number of rotatable bonds is 2. The number of hydrogen-bond donors (Lipinski definition) is 1. The third-order valence-corrected chi connectivity index (χ3v) is 4.98. The van der Waals surface area contributed by atoms with E-state index in [9.17, 15) is 0 Å². The Morgan fingerprint density at radius 3 is 2.81 bits per heavy atom. The van der Waals surface area contributed by atoms with Gasteiger partial charge in [-0.1, -0.05) is 12.0 Å². The zero-order valence-electron chi connectivity index (χ0n) is 15.0. The third kappa shape index (κ3) is 2.46. The normalized spacial score (nSPS) is 14.3. The van der Waals surface area contributed by atoms with Gasteiger partial charge in [-0.15, -0.1) is 6.42 Å². The zero-order valence-corrected chi connectivity index (χ0v) is 15.0. The first kappa shape index (κ1) is 16.3. The third-order valence-electron chi connectivity index (χ3n) is 4.98. The SMILES string of the molecule is C#Cc1cc(C)c(-c2c(C3=CC[CH]CC3)c3c(N)ncnc3n2C)cn1. The van der Waals surface area contributed by atoms with Gasteiger partial charge >= 0.3 is 0 Å². The molecule has 1 aliphatic carbocycles. The van der Waals surface area contributed by atoms with Crippen molar-refractivity contribution in [3.05, 3.63) is 47.9 Å². The van der Waals surface area contributed by atoms with Gasteiger partial charge in [0.15, 0.2) is 0 Å². The first-order valence-electron chi connectivity index (χ1n) is 8.65. The molecule has 3 aromatic rings. The predicted octanol–water partition coefficient (Wildman–Crippen LogP) is 3.67. The van der Waals surface area contributed by atoms with Gasteiger partial charge in [-0.3, -0.25) is 0 Å². The molecule has 0 bridgehead atoms. The first-order valence-corrected chi connectivity index (χ1v) is 8.65. The maximum Gasteiger partial charge on any atom is 0.146 e. The van der Waals surface area contributed by atoms with Crippen molar-refractivity contribution in [1.82, 2.24) is 19.5 Å². The highest BCUT2D eigenvalue weighted by atomic mass is 15.1. The number of pyridine rings is 1. The van der Waals surface area contributed by atoms with Crippen molar-refractivity contribution in [2.45, 2.75) is 26.2 Å². The standard InChI is InChI=1S/C21H20N5/c1-4-15-10-13(2)16(11-23-15)19-17(14-8-6-5-7-9-14)18-20(22)24-12-25-21(18)26(19)3/h1,5,8,10-12H,6-7,9H2,2-3H3,(H2,22,24,25). The molecular formula is C21H20N5. The molecule has 129 valence electrons. The van der Waals surface area contributed by atoms with Gasteiger partial charge in [0, 0.05) is 24.4 Å². The fourth-order valence-corrected chi connectivity index (χ4v) is 3.72. The molecule has 3 aromatic heterocycles. The van der Waals surface area contributed by atoms with Crippen molar-refractivity contribution in [2.75, 3.05) is 5.73 Å². The number of hydrogen-bond acceptors (Lipinski definition) is 4. The number of terminal acetylenes is 1. The van der Waals surface area contributed by atoms with Crippen molar-refractivity contribution in [3.63, 3.8) is 0 Å². The van der Waals surface area contributed by atoms with E-state index in [4.69, 9.17) is 12.2 Å². The van der Waals surface area contributed by atoms with Crippen molar-refractivity contribution in [2.24, 2.45) is 7.05 Å². The van der Waals surface area contributed by atoms with Crippen LogP contribution in [0, 0.1) is 25.7 Å². The van der Waals surface area contributed by atoms with Crippen LogP contribution in [0.15, 0.2) is 24.7 Å². The monoisotopic (exact) mass is 342 g/mol. The Labute approximate surface area is 153 Å². The molecule has 5 nitrogen and oxygen atoms in total. The van der Waals surface area contributed by atoms with E-state index in [1.807, 2.05) is 19.3 Å². The van der Waals surface area contributed by atoms with Crippen molar-refractivity contribution < 1.29 is 0 Å². The minimum absolute atomic E-state index is 0.508. The quantitative estimate of drug-likeness (QED) is 0.721. The molecule has 0 fully saturated rings. The van der Waals surface area contributed by atoms with Gasteiger partial charge in [0.1, 0.15) is 23.5 Å². The fraction of sp³-hybridized carbons (Fsp3) is 0.238. The molecule has 5 heteroatoms. The fourth-order valence-electron chi connectivity index (χ4n) is 3.72. The Kier molecular flexibility index (Phi) is 3.96. The summed E-state index contributed by atoms with van der Waals surface area (Å²) < 4.78 is 2.08. The van der Waals surface area contributed by atoms with E-state index in [1.165, 1.54) is 11.9 Å².